The molecule has 0 radical (unpaired) electrons. The number of hydrogen-bond acceptors (Lipinski definition) is 3. The Bertz CT molecular complexity index is 538. The van der Waals surface area contributed by atoms with Crippen molar-refractivity contribution < 1.29 is 0 Å². The molecule has 0 aliphatic rings. The van der Waals surface area contributed by atoms with E-state index in [1.807, 2.05) is 24.3 Å². The molecule has 0 aromatic heterocycles. The average Bonchev–Trinajstić information content (AvgIpc) is 2.31. The fourth-order valence-electron chi connectivity index (χ4n) is 1.34. The number of nitrogens with zero attached hydrogens (tertiary/aromatic N) is 2. The molecule has 1 rings (SSSR count). The minimum atomic E-state index is 0.0445. The molecule has 0 aliphatic carbocycles. The molecule has 0 heterocycles. The fraction of sp³-hybridized carbons (Fsp3) is 0.286. The third-order valence-electron chi connectivity index (χ3n) is 2.45. The van der Waals surface area contributed by atoms with Gasteiger partial charge in [0, 0.05) is 10.7 Å². The third kappa shape index (κ3) is 3.61. The highest BCUT2D eigenvalue weighted by Crippen LogP contribution is 2.30. The van der Waals surface area contributed by atoms with Crippen LogP contribution in [0.2, 0.25) is 0 Å². The number of benzene rings is 1. The number of nitriles is 2. The van der Waals surface area contributed by atoms with E-state index < -0.39 is 0 Å². The Hall–Kier alpha value is -1.78. The minimum absolute atomic E-state index is 0.0445. The Labute approximate surface area is 116 Å². The summed E-state index contributed by atoms with van der Waals surface area (Å²) in [4.78, 5) is 0. The maximum atomic E-state index is 8.66. The summed E-state index contributed by atoms with van der Waals surface area (Å²) in [5.41, 5.74) is 2.11. The van der Waals surface area contributed by atoms with Gasteiger partial charge in [-0.2, -0.15) is 10.5 Å². The number of halogens is 1. The topological polar surface area (TPSA) is 59.6 Å². The number of allylic oxidation sites excluding steroid dienone is 1. The van der Waals surface area contributed by atoms with E-state index in [0.29, 0.717) is 0 Å². The zero-order valence-electron chi connectivity index (χ0n) is 10.6. The van der Waals surface area contributed by atoms with Crippen LogP contribution in [0, 0.1) is 22.7 Å². The van der Waals surface area contributed by atoms with Gasteiger partial charge in [0.1, 0.15) is 17.7 Å². The fourth-order valence-corrected chi connectivity index (χ4v) is 1.70. The molecule has 0 bridgehead atoms. The molecule has 0 aliphatic heterocycles. The van der Waals surface area contributed by atoms with Gasteiger partial charge in [0.15, 0.2) is 0 Å². The molecule has 0 amide bonds. The molecule has 0 unspecified atom stereocenters. The van der Waals surface area contributed by atoms with Gasteiger partial charge in [-0.25, -0.2) is 0 Å². The first kappa shape index (κ1) is 14.3. The molecule has 4 heteroatoms. The van der Waals surface area contributed by atoms with E-state index >= 15 is 0 Å². The van der Waals surface area contributed by atoms with Gasteiger partial charge in [-0.15, -0.1) is 0 Å². The number of nitrogens with one attached hydrogen (secondary N) is 1. The second kappa shape index (κ2) is 5.71. The second-order valence-electron chi connectivity index (χ2n) is 4.87. The smallest absolute Gasteiger partial charge is 0.145 e. The second-order valence-corrected chi connectivity index (χ2v) is 5.72. The van der Waals surface area contributed by atoms with Crippen molar-refractivity contribution in [3.63, 3.8) is 0 Å². The molecule has 0 saturated heterocycles. The van der Waals surface area contributed by atoms with Crippen molar-refractivity contribution in [3.05, 3.63) is 40.0 Å². The highest BCUT2D eigenvalue weighted by atomic mass is 79.9. The van der Waals surface area contributed by atoms with Crippen LogP contribution < -0.4 is 5.32 Å². The lowest BCUT2D eigenvalue weighted by Crippen LogP contribution is -2.11. The third-order valence-corrected chi connectivity index (χ3v) is 3.14. The first-order valence-electron chi connectivity index (χ1n) is 5.45. The highest BCUT2D eigenvalue weighted by Gasteiger charge is 2.14. The first-order chi connectivity index (χ1) is 8.38. The number of hydrogen-bond donors (Lipinski definition) is 1. The van der Waals surface area contributed by atoms with Crippen LogP contribution in [0.25, 0.3) is 0 Å². The van der Waals surface area contributed by atoms with E-state index in [0.717, 1.165) is 10.2 Å². The molecular formula is C14H14BrN3. The molecule has 18 heavy (non-hydrogen) atoms. The lowest BCUT2D eigenvalue weighted by Gasteiger charge is -2.20. The van der Waals surface area contributed by atoms with E-state index in [9.17, 15) is 0 Å². The molecule has 0 atom stereocenters. The maximum absolute atomic E-state index is 8.66. The predicted octanol–water partition coefficient (Wildman–Crippen LogP) is 4.09. The van der Waals surface area contributed by atoms with Gasteiger partial charge in [0.2, 0.25) is 0 Å². The van der Waals surface area contributed by atoms with Crippen LogP contribution in [0.5, 0.6) is 0 Å². The van der Waals surface area contributed by atoms with Crippen molar-refractivity contribution in [2.45, 2.75) is 26.2 Å². The van der Waals surface area contributed by atoms with Gasteiger partial charge in [-0.05, 0) is 39.0 Å². The molecule has 0 saturated carbocycles. The van der Waals surface area contributed by atoms with Crippen molar-refractivity contribution in [2.24, 2.45) is 0 Å². The van der Waals surface area contributed by atoms with E-state index in [4.69, 9.17) is 10.5 Å². The van der Waals surface area contributed by atoms with Crippen LogP contribution in [0.15, 0.2) is 34.4 Å². The van der Waals surface area contributed by atoms with E-state index in [1.54, 1.807) is 0 Å². The Morgan fingerprint density at radius 2 is 1.89 bits per heavy atom. The summed E-state index contributed by atoms with van der Waals surface area (Å²) < 4.78 is 0.891. The van der Waals surface area contributed by atoms with Gasteiger partial charge in [0.05, 0.1) is 5.69 Å². The predicted molar refractivity (Wildman–Crippen MR) is 75.8 cm³/mol. The molecule has 1 aromatic rings. The normalized spacial score (nSPS) is 10.1. The van der Waals surface area contributed by atoms with Crippen molar-refractivity contribution in [2.75, 3.05) is 5.32 Å². The Morgan fingerprint density at radius 1 is 1.28 bits per heavy atom. The van der Waals surface area contributed by atoms with E-state index in [1.165, 1.54) is 11.8 Å². The van der Waals surface area contributed by atoms with Gasteiger partial charge < -0.3 is 5.32 Å². The van der Waals surface area contributed by atoms with Crippen LogP contribution in [-0.4, -0.2) is 0 Å². The Morgan fingerprint density at radius 3 is 2.39 bits per heavy atom. The summed E-state index contributed by atoms with van der Waals surface area (Å²) in [7, 11) is 0. The molecular weight excluding hydrogens is 290 g/mol. The molecule has 1 N–H and O–H groups in total. The summed E-state index contributed by atoms with van der Waals surface area (Å²) in [6, 6.07) is 9.63. The van der Waals surface area contributed by atoms with Gasteiger partial charge >= 0.3 is 0 Å². The van der Waals surface area contributed by atoms with E-state index in [2.05, 4.69) is 48.1 Å². The lowest BCUT2D eigenvalue weighted by atomic mass is 9.87. The molecule has 0 spiro atoms. The standard InChI is InChI=1S/C14H14BrN3/c1-14(2,3)11-4-5-12(15)13(6-11)18-9-10(7-16)8-17/h4-6,9,18H,1-3H3. The molecule has 1 aromatic carbocycles. The van der Waals surface area contributed by atoms with Crippen LogP contribution in [0.3, 0.4) is 0 Å². The quantitative estimate of drug-likeness (QED) is 0.837. The minimum Gasteiger partial charge on any atom is -0.359 e. The van der Waals surface area contributed by atoms with Crippen LogP contribution >= 0.6 is 15.9 Å². The highest BCUT2D eigenvalue weighted by molar-refractivity contribution is 9.10. The molecule has 3 nitrogen and oxygen atoms in total. The summed E-state index contributed by atoms with van der Waals surface area (Å²) in [5.74, 6) is 0. The average molecular weight is 304 g/mol. The Balaban J connectivity index is 3.08. The van der Waals surface area contributed by atoms with E-state index in [-0.39, 0.29) is 11.0 Å². The van der Waals surface area contributed by atoms with Gasteiger partial charge in [-0.1, -0.05) is 26.8 Å². The number of rotatable bonds is 2. The Kier molecular flexibility index (Phi) is 4.53. The zero-order chi connectivity index (χ0) is 13.8. The van der Waals surface area contributed by atoms with Crippen LogP contribution in [-0.2, 0) is 5.41 Å². The van der Waals surface area contributed by atoms with Gasteiger partial charge in [-0.3, -0.25) is 0 Å². The summed E-state index contributed by atoms with van der Waals surface area (Å²) in [5, 5.41) is 20.3. The van der Waals surface area contributed by atoms with Crippen molar-refractivity contribution in [1.29, 1.82) is 10.5 Å². The SMILES string of the molecule is CC(C)(C)c1ccc(Br)c(NC=C(C#N)C#N)c1. The summed E-state index contributed by atoms with van der Waals surface area (Å²) in [6.07, 6.45) is 1.41. The number of anilines is 1. The van der Waals surface area contributed by atoms with Crippen molar-refractivity contribution in [1.82, 2.24) is 0 Å². The van der Waals surface area contributed by atoms with Crippen molar-refractivity contribution >= 4 is 21.6 Å². The van der Waals surface area contributed by atoms with Gasteiger partial charge in [0.25, 0.3) is 0 Å². The van der Waals surface area contributed by atoms with Crippen LogP contribution in [0.4, 0.5) is 5.69 Å². The van der Waals surface area contributed by atoms with Crippen molar-refractivity contribution in [3.8, 4) is 12.1 Å². The zero-order valence-corrected chi connectivity index (χ0v) is 12.2. The summed E-state index contributed by atoms with van der Waals surface area (Å²) in [6.45, 7) is 6.39. The largest absolute Gasteiger partial charge is 0.359 e. The van der Waals surface area contributed by atoms with Crippen LogP contribution in [0.1, 0.15) is 26.3 Å². The lowest BCUT2D eigenvalue weighted by molar-refractivity contribution is 0.590. The summed E-state index contributed by atoms with van der Waals surface area (Å²) >= 11 is 3.43. The monoisotopic (exact) mass is 303 g/mol. The maximum Gasteiger partial charge on any atom is 0.145 e. The molecule has 0 fully saturated rings. The first-order valence-corrected chi connectivity index (χ1v) is 6.24. The molecule has 92 valence electrons.